The van der Waals surface area contributed by atoms with Crippen LogP contribution >= 0.6 is 0 Å². The summed E-state index contributed by atoms with van der Waals surface area (Å²) in [6, 6.07) is 10.8. The van der Waals surface area contributed by atoms with Gasteiger partial charge in [0.15, 0.2) is 0 Å². The molecule has 32 heavy (non-hydrogen) atoms. The van der Waals surface area contributed by atoms with Gasteiger partial charge in [-0.25, -0.2) is 13.2 Å². The van der Waals surface area contributed by atoms with E-state index in [9.17, 15) is 18.0 Å². The largest absolute Gasteiger partial charge is 0.497 e. The molecule has 0 radical (unpaired) electrons. The first-order valence-corrected chi connectivity index (χ1v) is 11.9. The van der Waals surface area contributed by atoms with E-state index in [4.69, 9.17) is 9.47 Å². The molecule has 0 spiro atoms. The maximum Gasteiger partial charge on any atom is 0.331 e. The van der Waals surface area contributed by atoms with Crippen LogP contribution in [-0.4, -0.2) is 40.1 Å². The van der Waals surface area contributed by atoms with Crippen molar-refractivity contribution in [1.29, 1.82) is 0 Å². The lowest BCUT2D eigenvalue weighted by Crippen LogP contribution is -2.56. The topological polar surface area (TPSA) is 111 Å². The van der Waals surface area contributed by atoms with E-state index in [1.54, 1.807) is 37.3 Å². The smallest absolute Gasteiger partial charge is 0.331 e. The third-order valence-corrected chi connectivity index (χ3v) is 7.12. The van der Waals surface area contributed by atoms with Gasteiger partial charge in [-0.3, -0.25) is 9.52 Å². The minimum Gasteiger partial charge on any atom is -0.497 e. The van der Waals surface area contributed by atoms with Crippen LogP contribution in [0, 0.1) is 6.92 Å². The second kappa shape index (κ2) is 9.60. The highest BCUT2D eigenvalue weighted by atomic mass is 32.2. The number of carbonyl (C=O) groups excluding carboxylic acids is 2. The van der Waals surface area contributed by atoms with Crippen LogP contribution in [0.3, 0.4) is 0 Å². The van der Waals surface area contributed by atoms with E-state index in [2.05, 4.69) is 10.0 Å². The summed E-state index contributed by atoms with van der Waals surface area (Å²) >= 11 is 0. The number of rotatable bonds is 7. The molecule has 2 N–H and O–H groups in total. The number of carbonyl (C=O) groups is 2. The molecule has 0 aromatic heterocycles. The van der Waals surface area contributed by atoms with Crippen LogP contribution in [-0.2, 0) is 19.6 Å². The highest BCUT2D eigenvalue weighted by Gasteiger charge is 2.42. The number of methoxy groups -OCH3 is 2. The SMILES string of the molecule is COC(=O)C1(NC(=O)c2cc(S(=O)(=O)Nc3ccc(OC)cc3)ccc2C)CCCCC1. The zero-order chi connectivity index (χ0) is 23.4. The number of sulfonamides is 1. The summed E-state index contributed by atoms with van der Waals surface area (Å²) in [5.41, 5.74) is 0.0645. The van der Waals surface area contributed by atoms with E-state index in [1.807, 2.05) is 0 Å². The highest BCUT2D eigenvalue weighted by Crippen LogP contribution is 2.30. The van der Waals surface area contributed by atoms with E-state index >= 15 is 0 Å². The number of ether oxygens (including phenoxy) is 2. The Kier molecular flexibility index (Phi) is 7.08. The van der Waals surface area contributed by atoms with Gasteiger partial charge in [-0.05, 0) is 61.7 Å². The van der Waals surface area contributed by atoms with Gasteiger partial charge in [0.2, 0.25) is 0 Å². The molecule has 1 aliphatic carbocycles. The minimum atomic E-state index is -3.94. The minimum absolute atomic E-state index is 0.0557. The Bertz CT molecular complexity index is 1090. The Balaban J connectivity index is 1.86. The molecule has 9 heteroatoms. The van der Waals surface area contributed by atoms with Gasteiger partial charge in [-0.15, -0.1) is 0 Å². The van der Waals surface area contributed by atoms with Gasteiger partial charge in [-0.2, -0.15) is 0 Å². The Hall–Kier alpha value is -3.07. The number of nitrogens with one attached hydrogen (secondary N) is 2. The van der Waals surface area contributed by atoms with E-state index < -0.39 is 27.4 Å². The molecule has 0 bridgehead atoms. The van der Waals surface area contributed by atoms with Crippen molar-refractivity contribution in [3.8, 4) is 5.75 Å². The number of hydrogen-bond acceptors (Lipinski definition) is 6. The van der Waals surface area contributed by atoms with Crippen molar-refractivity contribution in [2.45, 2.75) is 49.5 Å². The summed E-state index contributed by atoms with van der Waals surface area (Å²) in [5, 5.41) is 2.84. The Labute approximate surface area is 188 Å². The zero-order valence-electron chi connectivity index (χ0n) is 18.4. The Morgan fingerprint density at radius 1 is 0.969 bits per heavy atom. The van der Waals surface area contributed by atoms with Gasteiger partial charge < -0.3 is 14.8 Å². The van der Waals surface area contributed by atoms with Crippen LogP contribution < -0.4 is 14.8 Å². The third kappa shape index (κ3) is 5.04. The fourth-order valence-corrected chi connectivity index (χ4v) is 4.99. The van der Waals surface area contributed by atoms with Crippen molar-refractivity contribution in [2.75, 3.05) is 18.9 Å². The normalized spacial score (nSPS) is 15.5. The van der Waals surface area contributed by atoms with Gasteiger partial charge in [0.25, 0.3) is 15.9 Å². The molecule has 0 unspecified atom stereocenters. The fraction of sp³-hybridized carbons (Fsp3) is 0.391. The average Bonchev–Trinajstić information content (AvgIpc) is 2.79. The molecular weight excluding hydrogens is 432 g/mol. The number of hydrogen-bond donors (Lipinski definition) is 2. The molecular formula is C23H28N2O6S. The van der Waals surface area contributed by atoms with Crippen LogP contribution in [0.5, 0.6) is 5.75 Å². The highest BCUT2D eigenvalue weighted by molar-refractivity contribution is 7.92. The number of anilines is 1. The molecule has 0 heterocycles. The van der Waals surface area contributed by atoms with Crippen molar-refractivity contribution in [3.05, 3.63) is 53.6 Å². The molecule has 0 atom stereocenters. The molecule has 1 saturated carbocycles. The van der Waals surface area contributed by atoms with Crippen molar-refractivity contribution < 1.29 is 27.5 Å². The fourth-order valence-electron chi connectivity index (χ4n) is 3.90. The van der Waals surface area contributed by atoms with Crippen molar-refractivity contribution in [1.82, 2.24) is 5.32 Å². The predicted molar refractivity (Wildman–Crippen MR) is 120 cm³/mol. The number of aryl methyl sites for hydroxylation is 1. The van der Waals surface area contributed by atoms with Gasteiger partial charge in [0.1, 0.15) is 11.3 Å². The van der Waals surface area contributed by atoms with Gasteiger partial charge in [0, 0.05) is 11.3 Å². The van der Waals surface area contributed by atoms with Crippen LogP contribution in [0.1, 0.15) is 48.0 Å². The lowest BCUT2D eigenvalue weighted by molar-refractivity contribution is -0.149. The summed E-state index contributed by atoms with van der Waals surface area (Å²) in [6.45, 7) is 1.72. The molecule has 0 aliphatic heterocycles. The van der Waals surface area contributed by atoms with E-state index in [0.29, 0.717) is 29.8 Å². The Morgan fingerprint density at radius 3 is 2.22 bits per heavy atom. The van der Waals surface area contributed by atoms with E-state index in [-0.39, 0.29) is 10.5 Å². The van der Waals surface area contributed by atoms with Crippen LogP contribution in [0.2, 0.25) is 0 Å². The molecule has 1 amide bonds. The lowest BCUT2D eigenvalue weighted by Gasteiger charge is -2.35. The number of esters is 1. The molecule has 2 aromatic rings. The molecule has 172 valence electrons. The second-order valence-electron chi connectivity index (χ2n) is 7.90. The Morgan fingerprint density at radius 2 is 1.62 bits per heavy atom. The molecule has 1 aliphatic rings. The maximum absolute atomic E-state index is 13.1. The van der Waals surface area contributed by atoms with Crippen molar-refractivity contribution >= 4 is 27.6 Å². The van der Waals surface area contributed by atoms with E-state index in [0.717, 1.165) is 19.3 Å². The summed E-state index contributed by atoms with van der Waals surface area (Å²) < 4.78 is 38.3. The van der Waals surface area contributed by atoms with Crippen molar-refractivity contribution in [3.63, 3.8) is 0 Å². The standard InChI is InChI=1S/C23H28N2O6S/c1-16-7-12-19(32(28,29)25-17-8-10-18(30-2)11-9-17)15-20(16)21(26)24-23(22(27)31-3)13-5-4-6-14-23/h7-12,15,25H,4-6,13-14H2,1-3H3,(H,24,26). The predicted octanol–water partition coefficient (Wildman–Crippen LogP) is 3.41. The average molecular weight is 461 g/mol. The van der Waals surface area contributed by atoms with Crippen LogP contribution in [0.4, 0.5) is 5.69 Å². The summed E-state index contributed by atoms with van der Waals surface area (Å²) in [7, 11) is -1.11. The zero-order valence-corrected chi connectivity index (χ0v) is 19.3. The molecule has 0 saturated heterocycles. The quantitative estimate of drug-likeness (QED) is 0.613. The lowest BCUT2D eigenvalue weighted by atomic mass is 9.81. The first-order valence-electron chi connectivity index (χ1n) is 10.4. The first-order chi connectivity index (χ1) is 15.2. The number of benzene rings is 2. The molecule has 2 aromatic carbocycles. The number of amides is 1. The van der Waals surface area contributed by atoms with Crippen LogP contribution in [0.25, 0.3) is 0 Å². The third-order valence-electron chi connectivity index (χ3n) is 5.74. The van der Waals surface area contributed by atoms with Gasteiger partial charge in [-0.1, -0.05) is 25.3 Å². The second-order valence-corrected chi connectivity index (χ2v) is 9.58. The molecule has 8 nitrogen and oxygen atoms in total. The van der Waals surface area contributed by atoms with Gasteiger partial charge in [0.05, 0.1) is 19.1 Å². The first kappa shape index (κ1) is 23.6. The summed E-state index contributed by atoms with van der Waals surface area (Å²) in [5.74, 6) is -0.381. The summed E-state index contributed by atoms with van der Waals surface area (Å²) in [4.78, 5) is 25.5. The van der Waals surface area contributed by atoms with E-state index in [1.165, 1.54) is 26.4 Å². The molecule has 3 rings (SSSR count). The monoisotopic (exact) mass is 460 g/mol. The van der Waals surface area contributed by atoms with Crippen LogP contribution in [0.15, 0.2) is 47.4 Å². The maximum atomic E-state index is 13.1. The van der Waals surface area contributed by atoms with Gasteiger partial charge >= 0.3 is 5.97 Å². The van der Waals surface area contributed by atoms with Crippen molar-refractivity contribution in [2.24, 2.45) is 0 Å². The molecule has 1 fully saturated rings. The summed E-state index contributed by atoms with van der Waals surface area (Å²) in [6.07, 6.45) is 3.56.